The lowest BCUT2D eigenvalue weighted by Gasteiger charge is -2.41. The summed E-state index contributed by atoms with van der Waals surface area (Å²) in [5.41, 5.74) is 16.0. The van der Waals surface area contributed by atoms with Gasteiger partial charge < -0.3 is 28.9 Å². The van der Waals surface area contributed by atoms with Crippen LogP contribution in [0.4, 0.5) is 51.2 Å². The summed E-state index contributed by atoms with van der Waals surface area (Å²) in [5, 5.41) is 0. The Bertz CT molecular complexity index is 3500. The van der Waals surface area contributed by atoms with Gasteiger partial charge in [0, 0.05) is 69.5 Å². The zero-order valence-corrected chi connectivity index (χ0v) is 36.7. The molecule has 14 rings (SSSR count). The monoisotopic (exact) mass is 871 g/mol. The van der Waals surface area contributed by atoms with Crippen LogP contribution in [0.1, 0.15) is 0 Å². The van der Waals surface area contributed by atoms with Gasteiger partial charge in [0.1, 0.15) is 34.5 Å². The van der Waals surface area contributed by atoms with Crippen molar-refractivity contribution in [2.45, 2.75) is 0 Å². The number of benzene rings is 10. The van der Waals surface area contributed by atoms with Crippen LogP contribution >= 0.6 is 0 Å². The Kier molecular flexibility index (Phi) is 8.68. The van der Waals surface area contributed by atoms with Crippen LogP contribution < -0.4 is 61.7 Å². The fourth-order valence-electron chi connectivity index (χ4n) is 10.9. The van der Waals surface area contributed by atoms with Crippen LogP contribution in [0.25, 0.3) is 0 Å². The first kappa shape index (κ1) is 38.4. The van der Waals surface area contributed by atoms with Crippen LogP contribution in [-0.4, -0.2) is 13.4 Å². The fraction of sp³-hybridized carbons (Fsp3) is 0. The summed E-state index contributed by atoms with van der Waals surface area (Å²) in [6.45, 7) is -0.284. The number of hydrogen-bond acceptors (Lipinski definition) is 6. The molecule has 0 radical (unpaired) electrons. The Labute approximate surface area is 395 Å². The molecule has 4 heterocycles. The van der Waals surface area contributed by atoms with Crippen molar-refractivity contribution >= 4 is 97.4 Å². The minimum atomic E-state index is -0.150. The number of anilines is 9. The molecular weight excluding hydrogens is 832 g/mol. The van der Waals surface area contributed by atoms with Crippen LogP contribution in [0, 0.1) is 0 Å². The van der Waals surface area contributed by atoms with E-state index in [1.165, 1.54) is 5.46 Å². The van der Waals surface area contributed by atoms with Crippen molar-refractivity contribution < 1.29 is 14.2 Å². The molecule has 0 aromatic heterocycles. The van der Waals surface area contributed by atoms with Gasteiger partial charge in [-0.2, -0.15) is 0 Å². The third-order valence-corrected chi connectivity index (χ3v) is 13.7. The van der Waals surface area contributed by atoms with Gasteiger partial charge in [0.25, 0.3) is 13.4 Å². The molecule has 68 heavy (non-hydrogen) atoms. The van der Waals surface area contributed by atoms with E-state index in [9.17, 15) is 0 Å². The van der Waals surface area contributed by atoms with Crippen molar-refractivity contribution in [3.8, 4) is 34.5 Å². The normalized spacial score (nSPS) is 13.0. The first-order valence-corrected chi connectivity index (χ1v) is 23.1. The minimum Gasteiger partial charge on any atom is -0.458 e. The van der Waals surface area contributed by atoms with Gasteiger partial charge in [-0.3, -0.25) is 0 Å². The van der Waals surface area contributed by atoms with Gasteiger partial charge in [0.15, 0.2) is 0 Å². The van der Waals surface area contributed by atoms with E-state index < -0.39 is 0 Å². The lowest BCUT2D eigenvalue weighted by Crippen LogP contribution is -2.62. The first-order chi connectivity index (χ1) is 33.7. The van der Waals surface area contributed by atoms with Gasteiger partial charge in [-0.1, -0.05) is 133 Å². The third-order valence-electron chi connectivity index (χ3n) is 13.7. The highest BCUT2D eigenvalue weighted by molar-refractivity contribution is 7.01. The van der Waals surface area contributed by atoms with Crippen LogP contribution in [0.2, 0.25) is 0 Å². The Morgan fingerprint density at radius 1 is 0.279 bits per heavy atom. The van der Waals surface area contributed by atoms with Gasteiger partial charge in [-0.05, 0) is 106 Å². The van der Waals surface area contributed by atoms with E-state index in [4.69, 9.17) is 14.2 Å². The van der Waals surface area contributed by atoms with Crippen molar-refractivity contribution in [3.05, 3.63) is 237 Å². The Hall–Kier alpha value is -8.87. The molecule has 6 nitrogen and oxygen atoms in total. The standard InChI is InChI=1S/C60H39B2N3O3/c1-6-20-40(21-7-1)63(41-22-8-2-9-23-41)45-34-52-59-56(35-45)67-54-39-55-50(38-49(54)61(59)47-30-16-18-32-51(47)65(52)44-28-14-5-15-29-44)62-48-31-17-19-33-53(48)66-57-36-46(37-58(68-55)60(57)62)64(42-24-10-3-11-25-42)43-26-12-4-13-27-43/h1-39H. The predicted molar refractivity (Wildman–Crippen MR) is 279 cm³/mol. The Balaban J connectivity index is 0.984. The molecule has 10 aromatic rings. The van der Waals surface area contributed by atoms with E-state index in [1.807, 2.05) is 12.1 Å². The highest BCUT2D eigenvalue weighted by Gasteiger charge is 2.46. The lowest BCUT2D eigenvalue weighted by atomic mass is 9.31. The SMILES string of the molecule is c1ccc(N(c2ccccc2)c2cc3c4c(c2)Oc2cc5c(cc2B4c2ccccc2O3)B2c3ccccc3N(c3ccccc3)c3cc(N(c4ccccc4)c4ccccc4)cc(c32)O5)cc1. The van der Waals surface area contributed by atoms with Crippen molar-refractivity contribution in [2.75, 3.05) is 14.7 Å². The van der Waals surface area contributed by atoms with E-state index >= 15 is 0 Å². The minimum absolute atomic E-state index is 0.134. The maximum atomic E-state index is 7.33. The van der Waals surface area contributed by atoms with Gasteiger partial charge in [0.05, 0.1) is 11.4 Å². The van der Waals surface area contributed by atoms with Crippen LogP contribution in [0.5, 0.6) is 34.5 Å². The zero-order valence-electron chi connectivity index (χ0n) is 36.7. The summed E-state index contributed by atoms with van der Waals surface area (Å²) in [6, 6.07) is 83.4. The summed E-state index contributed by atoms with van der Waals surface area (Å²) >= 11 is 0. The second kappa shape index (κ2) is 15.4. The van der Waals surface area contributed by atoms with Crippen LogP contribution in [-0.2, 0) is 0 Å². The molecule has 4 aliphatic rings. The van der Waals surface area contributed by atoms with E-state index in [0.717, 1.165) is 113 Å². The van der Waals surface area contributed by atoms with Gasteiger partial charge in [-0.25, -0.2) is 0 Å². The Morgan fingerprint density at radius 3 is 1.24 bits per heavy atom. The predicted octanol–water partition coefficient (Wildman–Crippen LogP) is 11.8. The second-order valence-electron chi connectivity index (χ2n) is 17.6. The molecule has 0 saturated heterocycles. The topological polar surface area (TPSA) is 37.4 Å². The molecule has 10 aromatic carbocycles. The van der Waals surface area contributed by atoms with E-state index in [-0.39, 0.29) is 13.4 Å². The molecule has 318 valence electrons. The highest BCUT2D eigenvalue weighted by Crippen LogP contribution is 2.47. The number of hydrogen-bond donors (Lipinski definition) is 0. The summed E-state index contributed by atoms with van der Waals surface area (Å²) < 4.78 is 21.4. The van der Waals surface area contributed by atoms with Crippen molar-refractivity contribution in [1.82, 2.24) is 0 Å². The smallest absolute Gasteiger partial charge is 0.260 e. The molecule has 0 bridgehead atoms. The van der Waals surface area contributed by atoms with Gasteiger partial charge >= 0.3 is 0 Å². The first-order valence-electron chi connectivity index (χ1n) is 23.1. The van der Waals surface area contributed by atoms with Crippen LogP contribution in [0.15, 0.2) is 237 Å². The maximum absolute atomic E-state index is 7.33. The van der Waals surface area contributed by atoms with Crippen molar-refractivity contribution in [3.63, 3.8) is 0 Å². The average molecular weight is 872 g/mol. The molecule has 0 N–H and O–H groups in total. The lowest BCUT2D eigenvalue weighted by molar-refractivity contribution is 0.456. The summed E-state index contributed by atoms with van der Waals surface area (Å²) in [5.74, 6) is 4.71. The molecule has 4 aliphatic heterocycles. The van der Waals surface area contributed by atoms with Crippen LogP contribution in [0.3, 0.4) is 0 Å². The molecule has 0 aliphatic carbocycles. The summed E-state index contributed by atoms with van der Waals surface area (Å²) in [4.78, 5) is 6.97. The maximum Gasteiger partial charge on any atom is 0.260 e. The molecule has 0 spiro atoms. The number of fused-ring (bicyclic) bond motifs is 8. The van der Waals surface area contributed by atoms with Gasteiger partial charge in [-0.15, -0.1) is 0 Å². The molecular formula is C60H39B2N3O3. The number of ether oxygens (including phenoxy) is 3. The van der Waals surface area contributed by atoms with Crippen molar-refractivity contribution in [2.24, 2.45) is 0 Å². The molecule has 0 fully saturated rings. The number of nitrogens with zero attached hydrogens (tertiary/aromatic N) is 3. The Morgan fingerprint density at radius 2 is 0.691 bits per heavy atom. The third kappa shape index (κ3) is 6.00. The largest absolute Gasteiger partial charge is 0.458 e. The number of rotatable bonds is 7. The van der Waals surface area contributed by atoms with E-state index in [2.05, 4.69) is 239 Å². The highest BCUT2D eigenvalue weighted by atomic mass is 16.5. The summed E-state index contributed by atoms with van der Waals surface area (Å²) in [7, 11) is 0. The fourth-order valence-corrected chi connectivity index (χ4v) is 10.9. The van der Waals surface area contributed by atoms with E-state index in [1.54, 1.807) is 0 Å². The molecule has 0 amide bonds. The molecule has 0 unspecified atom stereocenters. The average Bonchev–Trinajstić information content (AvgIpc) is 3.39. The quantitative estimate of drug-likeness (QED) is 0.149. The second-order valence-corrected chi connectivity index (χ2v) is 17.6. The van der Waals surface area contributed by atoms with Gasteiger partial charge in [0.2, 0.25) is 0 Å². The molecule has 0 saturated carbocycles. The summed E-state index contributed by atoms with van der Waals surface area (Å²) in [6.07, 6.45) is 0. The zero-order chi connectivity index (χ0) is 44.7. The molecule has 8 heteroatoms. The number of para-hydroxylation sites is 7. The van der Waals surface area contributed by atoms with Crippen molar-refractivity contribution in [1.29, 1.82) is 0 Å². The van der Waals surface area contributed by atoms with E-state index in [0.29, 0.717) is 0 Å². The molecule has 0 atom stereocenters.